The number of nitrogens with zero attached hydrogens (tertiary/aromatic N) is 2. The largest absolute Gasteiger partial charge is 0.409 e. The summed E-state index contributed by atoms with van der Waals surface area (Å²) in [5.41, 5.74) is 9.13. The molecule has 0 spiro atoms. The van der Waals surface area contributed by atoms with Crippen LogP contribution in [0.5, 0.6) is 0 Å². The van der Waals surface area contributed by atoms with E-state index in [0.29, 0.717) is 19.5 Å². The van der Waals surface area contributed by atoms with Gasteiger partial charge in [-0.25, -0.2) is 0 Å². The molecule has 0 radical (unpaired) electrons. The minimum Gasteiger partial charge on any atom is -0.409 e. The Morgan fingerprint density at radius 3 is 2.57 bits per heavy atom. The molecule has 1 fully saturated rings. The Labute approximate surface area is 125 Å². The maximum Gasteiger partial charge on any atom is 0.226 e. The molecule has 0 unspecified atom stereocenters. The maximum atomic E-state index is 12.3. The van der Waals surface area contributed by atoms with Gasteiger partial charge in [-0.1, -0.05) is 23.4 Å². The molecule has 1 heterocycles. The van der Waals surface area contributed by atoms with Crippen LogP contribution in [-0.4, -0.2) is 34.9 Å². The summed E-state index contributed by atoms with van der Waals surface area (Å²) in [6.07, 6.45) is 1.96. The number of piperidine rings is 1. The predicted molar refractivity (Wildman–Crippen MR) is 82.3 cm³/mol. The van der Waals surface area contributed by atoms with Gasteiger partial charge in [0, 0.05) is 19.0 Å². The van der Waals surface area contributed by atoms with Crippen LogP contribution in [-0.2, 0) is 11.2 Å². The van der Waals surface area contributed by atoms with Crippen LogP contribution in [0.15, 0.2) is 23.4 Å². The second kappa shape index (κ2) is 6.61. The number of amides is 1. The molecule has 5 heteroatoms. The van der Waals surface area contributed by atoms with Crippen LogP contribution >= 0.6 is 0 Å². The van der Waals surface area contributed by atoms with Crippen molar-refractivity contribution in [2.45, 2.75) is 33.1 Å². The summed E-state index contributed by atoms with van der Waals surface area (Å²) in [4.78, 5) is 14.2. The third-order valence-corrected chi connectivity index (χ3v) is 4.31. The number of benzene rings is 1. The molecular weight excluding hydrogens is 266 g/mol. The van der Waals surface area contributed by atoms with E-state index in [9.17, 15) is 4.79 Å². The summed E-state index contributed by atoms with van der Waals surface area (Å²) in [5, 5.41) is 11.7. The number of carbonyl (C=O) groups is 1. The van der Waals surface area contributed by atoms with Crippen molar-refractivity contribution in [2.75, 3.05) is 13.1 Å². The van der Waals surface area contributed by atoms with Gasteiger partial charge in [0.25, 0.3) is 0 Å². The lowest BCUT2D eigenvalue weighted by Crippen LogP contribution is -2.42. The molecule has 2 rings (SSSR count). The summed E-state index contributed by atoms with van der Waals surface area (Å²) >= 11 is 0. The summed E-state index contributed by atoms with van der Waals surface area (Å²) in [6, 6.07) is 6.16. The van der Waals surface area contributed by atoms with E-state index < -0.39 is 0 Å². The second-order valence-electron chi connectivity index (χ2n) is 5.78. The first-order chi connectivity index (χ1) is 10.0. The highest BCUT2D eigenvalue weighted by molar-refractivity contribution is 5.83. The van der Waals surface area contributed by atoms with Crippen molar-refractivity contribution in [3.63, 3.8) is 0 Å². The molecule has 1 aromatic carbocycles. The number of likely N-dealkylation sites (tertiary alicyclic amines) is 1. The van der Waals surface area contributed by atoms with E-state index in [-0.39, 0.29) is 17.7 Å². The summed E-state index contributed by atoms with van der Waals surface area (Å²) in [6.45, 7) is 5.47. The number of hydrogen-bond donors (Lipinski definition) is 2. The summed E-state index contributed by atoms with van der Waals surface area (Å²) < 4.78 is 0. The molecule has 1 amide bonds. The lowest BCUT2D eigenvalue weighted by molar-refractivity contribution is -0.131. The first-order valence-electron chi connectivity index (χ1n) is 7.32. The van der Waals surface area contributed by atoms with Gasteiger partial charge < -0.3 is 15.8 Å². The molecule has 0 bridgehead atoms. The number of rotatable bonds is 3. The Morgan fingerprint density at radius 2 is 2.00 bits per heavy atom. The summed E-state index contributed by atoms with van der Waals surface area (Å²) in [7, 11) is 0. The van der Waals surface area contributed by atoms with Gasteiger partial charge in [0.1, 0.15) is 5.84 Å². The highest BCUT2D eigenvalue weighted by atomic mass is 16.4. The smallest absolute Gasteiger partial charge is 0.226 e. The minimum absolute atomic E-state index is 0.0840. The first-order valence-corrected chi connectivity index (χ1v) is 7.32. The average Bonchev–Trinajstić information content (AvgIpc) is 2.50. The van der Waals surface area contributed by atoms with Gasteiger partial charge >= 0.3 is 0 Å². The number of nitrogens with two attached hydrogens (primary N) is 1. The topological polar surface area (TPSA) is 78.9 Å². The maximum absolute atomic E-state index is 12.3. The van der Waals surface area contributed by atoms with Gasteiger partial charge in [0.15, 0.2) is 0 Å². The van der Waals surface area contributed by atoms with E-state index in [0.717, 1.165) is 18.4 Å². The Hall–Kier alpha value is -2.04. The quantitative estimate of drug-likeness (QED) is 0.385. The van der Waals surface area contributed by atoms with Crippen molar-refractivity contribution in [1.82, 2.24) is 4.90 Å². The molecule has 114 valence electrons. The van der Waals surface area contributed by atoms with Crippen molar-refractivity contribution in [3.8, 4) is 0 Å². The average molecular weight is 289 g/mol. The third kappa shape index (κ3) is 3.74. The van der Waals surface area contributed by atoms with Crippen molar-refractivity contribution in [1.29, 1.82) is 0 Å². The highest BCUT2D eigenvalue weighted by Crippen LogP contribution is 2.19. The molecule has 0 atom stereocenters. The van der Waals surface area contributed by atoms with E-state index in [1.807, 2.05) is 11.0 Å². The number of oxime groups is 1. The Bertz CT molecular complexity index is 546. The fourth-order valence-electron chi connectivity index (χ4n) is 2.71. The normalized spacial score (nSPS) is 17.0. The van der Waals surface area contributed by atoms with E-state index in [4.69, 9.17) is 10.9 Å². The van der Waals surface area contributed by atoms with E-state index in [1.54, 1.807) is 0 Å². The van der Waals surface area contributed by atoms with Crippen LogP contribution in [0.1, 0.15) is 29.5 Å². The number of amidine groups is 1. The Balaban J connectivity index is 1.91. The molecule has 3 N–H and O–H groups in total. The fourth-order valence-corrected chi connectivity index (χ4v) is 2.71. The molecule has 0 aliphatic carbocycles. The van der Waals surface area contributed by atoms with Gasteiger partial charge in [-0.05, 0) is 43.4 Å². The van der Waals surface area contributed by atoms with Crippen LogP contribution in [0.2, 0.25) is 0 Å². The van der Waals surface area contributed by atoms with Crippen LogP contribution in [0, 0.1) is 19.8 Å². The SMILES string of the molecule is Cc1ccc(CC(=O)N2CCC(C(N)=NO)CC2)cc1C. The third-order valence-electron chi connectivity index (χ3n) is 4.31. The van der Waals surface area contributed by atoms with Gasteiger partial charge in [0.05, 0.1) is 6.42 Å². The zero-order valence-electron chi connectivity index (χ0n) is 12.7. The van der Waals surface area contributed by atoms with Crippen LogP contribution in [0.4, 0.5) is 0 Å². The number of hydrogen-bond acceptors (Lipinski definition) is 3. The monoisotopic (exact) mass is 289 g/mol. The minimum atomic E-state index is 0.0840. The molecule has 0 aromatic heterocycles. The van der Waals surface area contributed by atoms with Gasteiger partial charge in [-0.2, -0.15) is 0 Å². The highest BCUT2D eigenvalue weighted by Gasteiger charge is 2.25. The van der Waals surface area contributed by atoms with Crippen LogP contribution < -0.4 is 5.73 Å². The molecule has 21 heavy (non-hydrogen) atoms. The number of aryl methyl sites for hydroxylation is 2. The number of carbonyl (C=O) groups excluding carboxylic acids is 1. The molecule has 1 aliphatic rings. The lowest BCUT2D eigenvalue weighted by atomic mass is 9.95. The van der Waals surface area contributed by atoms with E-state index in [2.05, 4.69) is 31.1 Å². The molecule has 0 saturated carbocycles. The Kier molecular flexibility index (Phi) is 4.83. The van der Waals surface area contributed by atoms with Crippen molar-refractivity contribution >= 4 is 11.7 Å². The molecule has 5 nitrogen and oxygen atoms in total. The first kappa shape index (κ1) is 15.4. The zero-order chi connectivity index (χ0) is 15.4. The molecule has 1 aliphatic heterocycles. The zero-order valence-corrected chi connectivity index (χ0v) is 12.7. The van der Waals surface area contributed by atoms with Crippen LogP contribution in [0.3, 0.4) is 0 Å². The van der Waals surface area contributed by atoms with Gasteiger partial charge in [-0.3, -0.25) is 4.79 Å². The van der Waals surface area contributed by atoms with Crippen molar-refractivity contribution in [3.05, 3.63) is 34.9 Å². The van der Waals surface area contributed by atoms with Crippen LogP contribution in [0.25, 0.3) is 0 Å². The van der Waals surface area contributed by atoms with Gasteiger partial charge in [-0.15, -0.1) is 0 Å². The molecule has 1 aromatic rings. The van der Waals surface area contributed by atoms with Crippen molar-refractivity contribution < 1.29 is 10.0 Å². The molecular formula is C16H23N3O2. The van der Waals surface area contributed by atoms with E-state index in [1.165, 1.54) is 11.1 Å². The van der Waals surface area contributed by atoms with Crippen molar-refractivity contribution in [2.24, 2.45) is 16.8 Å². The predicted octanol–water partition coefficient (Wildman–Crippen LogP) is 1.83. The standard InChI is InChI=1S/C16H23N3O2/c1-11-3-4-13(9-12(11)2)10-15(20)19-7-5-14(6-8-19)16(17)18-21/h3-4,9,14,21H,5-8,10H2,1-2H3,(H2,17,18). The van der Waals surface area contributed by atoms with Gasteiger partial charge in [0.2, 0.25) is 5.91 Å². The Morgan fingerprint density at radius 1 is 1.33 bits per heavy atom. The van der Waals surface area contributed by atoms with E-state index >= 15 is 0 Å². The molecule has 1 saturated heterocycles. The second-order valence-corrected chi connectivity index (χ2v) is 5.78. The lowest BCUT2D eigenvalue weighted by Gasteiger charge is -2.31. The fraction of sp³-hybridized carbons (Fsp3) is 0.500. The summed E-state index contributed by atoms with van der Waals surface area (Å²) in [5.74, 6) is 0.508.